The van der Waals surface area contributed by atoms with Gasteiger partial charge in [-0.05, 0) is 46.8 Å². The molecule has 5 nitrogen and oxygen atoms in total. The molecule has 0 atom stereocenters. The van der Waals surface area contributed by atoms with Crippen LogP contribution in [0.15, 0.2) is 0 Å². The third kappa shape index (κ3) is 3.35. The van der Waals surface area contributed by atoms with Gasteiger partial charge in [0.1, 0.15) is 0 Å². The van der Waals surface area contributed by atoms with Crippen LogP contribution in [0.5, 0.6) is 0 Å². The second-order valence-electron chi connectivity index (χ2n) is 5.59. The molecule has 1 fully saturated rings. The van der Waals surface area contributed by atoms with E-state index < -0.39 is 0 Å². The van der Waals surface area contributed by atoms with Gasteiger partial charge in [0.05, 0.1) is 12.1 Å². The number of piperidine rings is 1. The molecule has 1 aliphatic rings. The predicted octanol–water partition coefficient (Wildman–Crippen LogP) is 0.790. The number of nitrogens with one attached hydrogen (secondary N) is 1. The molecule has 1 amide bonds. The summed E-state index contributed by atoms with van der Waals surface area (Å²) in [7, 11) is 4.04. The van der Waals surface area contributed by atoms with Gasteiger partial charge in [0.25, 0.3) is 0 Å². The van der Waals surface area contributed by atoms with Crippen molar-refractivity contribution in [2.75, 3.05) is 20.1 Å². The number of carbonyl (C=O) groups excluding carboxylic acids is 1. The van der Waals surface area contributed by atoms with Gasteiger partial charge in [-0.3, -0.25) is 9.48 Å². The van der Waals surface area contributed by atoms with Gasteiger partial charge in [-0.2, -0.15) is 5.10 Å². The summed E-state index contributed by atoms with van der Waals surface area (Å²) >= 11 is 0. The minimum absolute atomic E-state index is 0.119. The molecule has 1 aliphatic heterocycles. The van der Waals surface area contributed by atoms with E-state index in [0.29, 0.717) is 12.5 Å². The van der Waals surface area contributed by atoms with Gasteiger partial charge in [-0.15, -0.1) is 0 Å². The number of hydrogen-bond donors (Lipinski definition) is 1. The van der Waals surface area contributed by atoms with Crippen LogP contribution in [0.1, 0.15) is 29.8 Å². The fraction of sp³-hybridized carbons (Fsp3) is 0.714. The first-order valence-electron chi connectivity index (χ1n) is 6.94. The van der Waals surface area contributed by atoms with Crippen molar-refractivity contribution in [2.24, 2.45) is 7.05 Å². The molecule has 2 heterocycles. The van der Waals surface area contributed by atoms with E-state index in [-0.39, 0.29) is 5.91 Å². The highest BCUT2D eigenvalue weighted by Crippen LogP contribution is 2.13. The summed E-state index contributed by atoms with van der Waals surface area (Å²) < 4.78 is 1.84. The molecule has 0 bridgehead atoms. The van der Waals surface area contributed by atoms with E-state index in [4.69, 9.17) is 0 Å². The Balaban J connectivity index is 1.91. The number of hydrogen-bond acceptors (Lipinski definition) is 3. The maximum absolute atomic E-state index is 12.1. The summed E-state index contributed by atoms with van der Waals surface area (Å²) in [5, 5.41) is 7.50. The van der Waals surface area contributed by atoms with Crippen molar-refractivity contribution in [2.45, 2.75) is 39.2 Å². The van der Waals surface area contributed by atoms with Crippen LogP contribution < -0.4 is 5.32 Å². The second kappa shape index (κ2) is 5.74. The van der Waals surface area contributed by atoms with Crippen molar-refractivity contribution in [3.63, 3.8) is 0 Å². The first-order chi connectivity index (χ1) is 8.97. The number of rotatable bonds is 3. The van der Waals surface area contributed by atoms with E-state index in [1.54, 1.807) is 0 Å². The monoisotopic (exact) mass is 264 g/mol. The van der Waals surface area contributed by atoms with E-state index >= 15 is 0 Å². The number of aryl methyl sites for hydroxylation is 2. The Morgan fingerprint density at radius 1 is 1.32 bits per heavy atom. The summed E-state index contributed by atoms with van der Waals surface area (Å²) in [5.41, 5.74) is 3.10. The molecule has 1 saturated heterocycles. The lowest BCUT2D eigenvalue weighted by molar-refractivity contribution is -0.121. The maximum atomic E-state index is 12.1. The van der Waals surface area contributed by atoms with E-state index in [1.165, 1.54) is 0 Å². The molecule has 0 saturated carbocycles. The number of aromatic nitrogens is 2. The molecule has 0 aromatic carbocycles. The van der Waals surface area contributed by atoms with E-state index in [9.17, 15) is 4.79 Å². The van der Waals surface area contributed by atoms with Crippen LogP contribution in [0, 0.1) is 13.8 Å². The molecule has 0 spiro atoms. The van der Waals surface area contributed by atoms with Crippen LogP contribution in [0.4, 0.5) is 0 Å². The smallest absolute Gasteiger partial charge is 0.224 e. The first-order valence-corrected chi connectivity index (χ1v) is 6.94. The Labute approximate surface area is 115 Å². The summed E-state index contributed by atoms with van der Waals surface area (Å²) in [6.45, 7) is 6.11. The lowest BCUT2D eigenvalue weighted by Crippen LogP contribution is -2.43. The zero-order chi connectivity index (χ0) is 14.0. The predicted molar refractivity (Wildman–Crippen MR) is 75.0 cm³/mol. The van der Waals surface area contributed by atoms with Crippen LogP contribution >= 0.6 is 0 Å². The molecule has 2 rings (SSSR count). The van der Waals surface area contributed by atoms with Gasteiger partial charge in [0, 0.05) is 24.3 Å². The molecule has 0 unspecified atom stereocenters. The van der Waals surface area contributed by atoms with Crippen LogP contribution in [-0.4, -0.2) is 46.8 Å². The van der Waals surface area contributed by atoms with Crippen molar-refractivity contribution < 1.29 is 4.79 Å². The van der Waals surface area contributed by atoms with Gasteiger partial charge in [0.15, 0.2) is 0 Å². The zero-order valence-electron chi connectivity index (χ0n) is 12.4. The highest BCUT2D eigenvalue weighted by molar-refractivity contribution is 5.79. The molecule has 1 N–H and O–H groups in total. The average Bonchev–Trinajstić information content (AvgIpc) is 2.59. The Kier molecular flexibility index (Phi) is 4.24. The largest absolute Gasteiger partial charge is 0.353 e. The van der Waals surface area contributed by atoms with Crippen LogP contribution in [0.25, 0.3) is 0 Å². The van der Waals surface area contributed by atoms with E-state index in [1.807, 2.05) is 25.6 Å². The molecule has 0 aliphatic carbocycles. The molecule has 19 heavy (non-hydrogen) atoms. The van der Waals surface area contributed by atoms with Crippen molar-refractivity contribution >= 4 is 5.91 Å². The number of nitrogens with zero attached hydrogens (tertiary/aromatic N) is 3. The quantitative estimate of drug-likeness (QED) is 0.878. The van der Waals surface area contributed by atoms with Crippen LogP contribution in [-0.2, 0) is 18.3 Å². The first kappa shape index (κ1) is 14.1. The molecule has 1 aromatic heterocycles. The highest BCUT2D eigenvalue weighted by Gasteiger charge is 2.20. The van der Waals surface area contributed by atoms with Gasteiger partial charge in [-0.1, -0.05) is 0 Å². The summed E-state index contributed by atoms with van der Waals surface area (Å²) in [6.07, 6.45) is 2.54. The minimum Gasteiger partial charge on any atom is -0.353 e. The Hall–Kier alpha value is -1.36. The molecular weight excluding hydrogens is 240 g/mol. The SMILES string of the molecule is Cc1nn(C)c(C)c1CC(=O)NC1CCN(C)CC1. The van der Waals surface area contributed by atoms with Crippen LogP contribution in [0.3, 0.4) is 0 Å². The fourth-order valence-electron chi connectivity index (χ4n) is 2.67. The Bertz CT molecular complexity index is 458. The molecule has 5 heteroatoms. The van der Waals surface area contributed by atoms with Gasteiger partial charge < -0.3 is 10.2 Å². The minimum atomic E-state index is 0.119. The van der Waals surface area contributed by atoms with Crippen molar-refractivity contribution in [1.29, 1.82) is 0 Å². The molecule has 1 aromatic rings. The second-order valence-corrected chi connectivity index (χ2v) is 5.59. The lowest BCUT2D eigenvalue weighted by atomic mass is 10.0. The number of amides is 1. The Morgan fingerprint density at radius 2 is 1.95 bits per heavy atom. The van der Waals surface area contributed by atoms with Gasteiger partial charge in [-0.25, -0.2) is 0 Å². The molecule has 0 radical (unpaired) electrons. The van der Waals surface area contributed by atoms with Gasteiger partial charge in [0.2, 0.25) is 5.91 Å². The average molecular weight is 264 g/mol. The van der Waals surface area contributed by atoms with Crippen molar-refractivity contribution in [1.82, 2.24) is 20.0 Å². The number of carbonyl (C=O) groups is 1. The van der Waals surface area contributed by atoms with E-state index in [0.717, 1.165) is 42.9 Å². The van der Waals surface area contributed by atoms with Gasteiger partial charge >= 0.3 is 0 Å². The third-order valence-electron chi connectivity index (χ3n) is 4.08. The summed E-state index contributed by atoms with van der Waals surface area (Å²) in [5.74, 6) is 0.119. The Morgan fingerprint density at radius 3 is 2.47 bits per heavy atom. The van der Waals surface area contributed by atoms with E-state index in [2.05, 4.69) is 22.4 Å². The number of likely N-dealkylation sites (tertiary alicyclic amines) is 1. The van der Waals surface area contributed by atoms with Crippen molar-refractivity contribution in [3.8, 4) is 0 Å². The molecule has 106 valence electrons. The fourth-order valence-corrected chi connectivity index (χ4v) is 2.67. The third-order valence-corrected chi connectivity index (χ3v) is 4.08. The normalized spacial score (nSPS) is 17.7. The summed E-state index contributed by atoms with van der Waals surface area (Å²) in [6, 6.07) is 0.334. The van der Waals surface area contributed by atoms with Crippen LogP contribution in [0.2, 0.25) is 0 Å². The topological polar surface area (TPSA) is 50.2 Å². The molecular formula is C14H24N4O. The summed E-state index contributed by atoms with van der Waals surface area (Å²) in [4.78, 5) is 14.4. The standard InChI is InChI=1S/C14H24N4O/c1-10-13(11(2)18(4)16-10)9-14(19)15-12-5-7-17(3)8-6-12/h12H,5-9H2,1-4H3,(H,15,19). The highest BCUT2D eigenvalue weighted by atomic mass is 16.1. The maximum Gasteiger partial charge on any atom is 0.224 e. The lowest BCUT2D eigenvalue weighted by Gasteiger charge is -2.29. The van der Waals surface area contributed by atoms with Crippen molar-refractivity contribution in [3.05, 3.63) is 17.0 Å². The zero-order valence-corrected chi connectivity index (χ0v) is 12.4.